The van der Waals surface area contributed by atoms with Crippen molar-refractivity contribution in [3.63, 3.8) is 0 Å². The molecule has 0 unspecified atom stereocenters. The van der Waals surface area contributed by atoms with Crippen molar-refractivity contribution in [2.45, 2.75) is 33.7 Å². The fraction of sp³-hybridized carbons (Fsp3) is 1.00. The van der Waals surface area contributed by atoms with Crippen molar-refractivity contribution in [1.82, 2.24) is 9.03 Å². The quantitative estimate of drug-likeness (QED) is 0.690. The van der Waals surface area contributed by atoms with Crippen molar-refractivity contribution < 1.29 is 8.42 Å². The van der Waals surface area contributed by atoms with Gasteiger partial charge in [-0.2, -0.15) is 12.7 Å². The molecule has 0 atom stereocenters. The monoisotopic (exact) mass is 237 g/mol. The maximum atomic E-state index is 11.7. The highest BCUT2D eigenvalue weighted by molar-refractivity contribution is 7.87. The van der Waals surface area contributed by atoms with Crippen LogP contribution < -0.4 is 10.5 Å². The van der Waals surface area contributed by atoms with E-state index in [2.05, 4.69) is 4.72 Å². The lowest BCUT2D eigenvalue weighted by atomic mass is 9.95. The minimum atomic E-state index is -3.38. The van der Waals surface area contributed by atoms with Crippen molar-refractivity contribution >= 4 is 10.2 Å². The van der Waals surface area contributed by atoms with Crippen molar-refractivity contribution in [3.8, 4) is 0 Å². The molecule has 15 heavy (non-hydrogen) atoms. The average Bonchev–Trinajstić information content (AvgIpc) is 2.14. The summed E-state index contributed by atoms with van der Waals surface area (Å²) in [5.74, 6) is 0. The summed E-state index contributed by atoms with van der Waals surface area (Å²) in [6.07, 6.45) is 0. The Morgan fingerprint density at radius 2 is 1.87 bits per heavy atom. The third kappa shape index (κ3) is 4.92. The normalized spacial score (nSPS) is 13.9. The molecule has 0 aliphatic rings. The van der Waals surface area contributed by atoms with E-state index in [0.717, 1.165) is 0 Å². The number of rotatable bonds is 6. The summed E-state index contributed by atoms with van der Waals surface area (Å²) in [6.45, 7) is 8.29. The van der Waals surface area contributed by atoms with Crippen LogP contribution in [0, 0.1) is 5.41 Å². The van der Waals surface area contributed by atoms with Crippen molar-refractivity contribution in [1.29, 1.82) is 0 Å². The first kappa shape index (κ1) is 14.8. The third-order valence-corrected chi connectivity index (χ3v) is 4.08. The van der Waals surface area contributed by atoms with Crippen LogP contribution in [0.4, 0.5) is 0 Å². The highest BCUT2D eigenvalue weighted by atomic mass is 32.2. The van der Waals surface area contributed by atoms with Crippen LogP contribution in [-0.2, 0) is 10.2 Å². The predicted octanol–water partition coefficient (Wildman–Crippen LogP) is 0.146. The predicted molar refractivity (Wildman–Crippen MR) is 62.7 cm³/mol. The van der Waals surface area contributed by atoms with Crippen LogP contribution in [0.3, 0.4) is 0 Å². The number of hydrogen-bond acceptors (Lipinski definition) is 3. The first-order chi connectivity index (χ1) is 6.62. The van der Waals surface area contributed by atoms with Gasteiger partial charge in [-0.25, -0.2) is 4.72 Å². The molecule has 0 aliphatic carbocycles. The summed E-state index contributed by atoms with van der Waals surface area (Å²) in [7, 11) is -1.82. The smallest absolute Gasteiger partial charge is 0.279 e. The van der Waals surface area contributed by atoms with Gasteiger partial charge in [0.05, 0.1) is 0 Å². The summed E-state index contributed by atoms with van der Waals surface area (Å²) in [5, 5.41) is 0. The first-order valence-electron chi connectivity index (χ1n) is 5.05. The minimum Gasteiger partial charge on any atom is -0.330 e. The molecule has 0 aromatic carbocycles. The molecule has 0 aliphatic heterocycles. The zero-order chi connectivity index (χ0) is 12.3. The van der Waals surface area contributed by atoms with E-state index in [1.807, 2.05) is 27.7 Å². The maximum absolute atomic E-state index is 11.7. The molecule has 3 N–H and O–H groups in total. The molecule has 0 aromatic rings. The Morgan fingerprint density at radius 1 is 1.40 bits per heavy atom. The van der Waals surface area contributed by atoms with Crippen LogP contribution in [0.25, 0.3) is 0 Å². The molecule has 0 radical (unpaired) electrons. The van der Waals surface area contributed by atoms with Gasteiger partial charge in [-0.1, -0.05) is 13.8 Å². The van der Waals surface area contributed by atoms with Gasteiger partial charge < -0.3 is 5.73 Å². The van der Waals surface area contributed by atoms with Crippen LogP contribution in [0.15, 0.2) is 0 Å². The summed E-state index contributed by atoms with van der Waals surface area (Å²) in [6, 6.07) is -0.0523. The Bertz CT molecular complexity index is 286. The Balaban J connectivity index is 4.42. The van der Waals surface area contributed by atoms with E-state index in [-0.39, 0.29) is 11.5 Å². The number of nitrogens with two attached hydrogens (primary N) is 1. The van der Waals surface area contributed by atoms with Crippen LogP contribution in [0.1, 0.15) is 27.7 Å². The van der Waals surface area contributed by atoms with Gasteiger partial charge in [0.1, 0.15) is 0 Å². The molecule has 0 bridgehead atoms. The Kier molecular flexibility index (Phi) is 5.19. The maximum Gasteiger partial charge on any atom is 0.279 e. The lowest BCUT2D eigenvalue weighted by Crippen LogP contribution is -2.46. The van der Waals surface area contributed by atoms with E-state index in [4.69, 9.17) is 5.73 Å². The molecule has 0 saturated heterocycles. The number of nitrogens with zero attached hydrogens (tertiary/aromatic N) is 1. The van der Waals surface area contributed by atoms with Crippen molar-refractivity contribution in [3.05, 3.63) is 0 Å². The molecule has 0 fully saturated rings. The molecule has 0 spiro atoms. The van der Waals surface area contributed by atoms with Crippen LogP contribution >= 0.6 is 0 Å². The van der Waals surface area contributed by atoms with Crippen LogP contribution in [0.2, 0.25) is 0 Å². The Morgan fingerprint density at radius 3 is 2.20 bits per heavy atom. The lowest BCUT2D eigenvalue weighted by Gasteiger charge is -2.26. The van der Waals surface area contributed by atoms with E-state index in [9.17, 15) is 8.42 Å². The summed E-state index contributed by atoms with van der Waals surface area (Å²) in [4.78, 5) is 0. The molecule has 6 heteroatoms. The molecular weight excluding hydrogens is 214 g/mol. The van der Waals surface area contributed by atoms with Gasteiger partial charge in [0.15, 0.2) is 0 Å². The second kappa shape index (κ2) is 5.25. The Labute approximate surface area is 93.2 Å². The molecule has 0 saturated carbocycles. The SMILES string of the molecule is CC(C)N(C)S(=O)(=O)NCC(C)(C)CN. The molecule has 0 aromatic heterocycles. The molecule has 0 amide bonds. The first-order valence-corrected chi connectivity index (χ1v) is 6.49. The molecule has 5 nitrogen and oxygen atoms in total. The van der Waals surface area contributed by atoms with E-state index in [0.29, 0.717) is 13.1 Å². The van der Waals surface area contributed by atoms with Crippen LogP contribution in [-0.4, -0.2) is 38.9 Å². The summed E-state index contributed by atoms with van der Waals surface area (Å²) in [5.41, 5.74) is 5.31. The van der Waals surface area contributed by atoms with Crippen molar-refractivity contribution in [2.24, 2.45) is 11.1 Å². The largest absolute Gasteiger partial charge is 0.330 e. The molecule has 92 valence electrons. The van der Waals surface area contributed by atoms with Gasteiger partial charge in [0, 0.05) is 19.6 Å². The van der Waals surface area contributed by atoms with Gasteiger partial charge in [-0.3, -0.25) is 0 Å². The zero-order valence-corrected chi connectivity index (χ0v) is 11.1. The molecule has 0 heterocycles. The summed E-state index contributed by atoms with van der Waals surface area (Å²) < 4.78 is 27.3. The van der Waals surface area contributed by atoms with Crippen LogP contribution in [0.5, 0.6) is 0 Å². The van der Waals surface area contributed by atoms with E-state index in [1.54, 1.807) is 7.05 Å². The van der Waals surface area contributed by atoms with Gasteiger partial charge in [-0.05, 0) is 25.8 Å². The zero-order valence-electron chi connectivity index (χ0n) is 10.2. The fourth-order valence-corrected chi connectivity index (χ4v) is 2.07. The second-order valence-corrected chi connectivity index (χ2v) is 6.62. The van der Waals surface area contributed by atoms with E-state index >= 15 is 0 Å². The highest BCUT2D eigenvalue weighted by Gasteiger charge is 2.24. The van der Waals surface area contributed by atoms with E-state index < -0.39 is 10.2 Å². The average molecular weight is 237 g/mol. The van der Waals surface area contributed by atoms with Gasteiger partial charge in [-0.15, -0.1) is 0 Å². The van der Waals surface area contributed by atoms with E-state index in [1.165, 1.54) is 4.31 Å². The Hall–Kier alpha value is -0.170. The standard InChI is InChI=1S/C9H23N3O2S/c1-8(2)12(5)15(13,14)11-7-9(3,4)6-10/h8,11H,6-7,10H2,1-5H3. The second-order valence-electron chi connectivity index (χ2n) is 4.80. The van der Waals surface area contributed by atoms with Gasteiger partial charge in [0.2, 0.25) is 0 Å². The topological polar surface area (TPSA) is 75.4 Å². The van der Waals surface area contributed by atoms with Gasteiger partial charge >= 0.3 is 0 Å². The lowest BCUT2D eigenvalue weighted by molar-refractivity contribution is 0.357. The number of hydrogen-bond donors (Lipinski definition) is 2. The van der Waals surface area contributed by atoms with Gasteiger partial charge in [0.25, 0.3) is 10.2 Å². The molecule has 0 rings (SSSR count). The minimum absolute atomic E-state index is 0.0523. The highest BCUT2D eigenvalue weighted by Crippen LogP contribution is 2.11. The number of nitrogens with one attached hydrogen (secondary N) is 1. The van der Waals surface area contributed by atoms with Crippen molar-refractivity contribution in [2.75, 3.05) is 20.1 Å². The molecular formula is C9H23N3O2S. The third-order valence-electron chi connectivity index (χ3n) is 2.39. The summed E-state index contributed by atoms with van der Waals surface area (Å²) >= 11 is 0. The fourth-order valence-electron chi connectivity index (χ4n) is 0.738.